The van der Waals surface area contributed by atoms with Crippen LogP contribution in [-0.2, 0) is 16.3 Å². The summed E-state index contributed by atoms with van der Waals surface area (Å²) in [6.45, 7) is 1.83. The summed E-state index contributed by atoms with van der Waals surface area (Å²) in [5.74, 6) is 0.0657. The first-order chi connectivity index (χ1) is 11.9. The molecule has 0 unspecified atom stereocenters. The van der Waals surface area contributed by atoms with Crippen molar-refractivity contribution in [2.75, 3.05) is 11.5 Å². The van der Waals surface area contributed by atoms with Crippen molar-refractivity contribution in [1.29, 1.82) is 0 Å². The van der Waals surface area contributed by atoms with Crippen molar-refractivity contribution in [3.8, 4) is 5.69 Å². The minimum Gasteiger partial charge on any atom is -0.398 e. The van der Waals surface area contributed by atoms with Crippen molar-refractivity contribution >= 4 is 32.9 Å². The second-order valence-electron chi connectivity index (χ2n) is 5.45. The molecule has 0 radical (unpaired) electrons. The number of aryl methyl sites for hydroxylation is 1. The highest BCUT2D eigenvalue weighted by atomic mass is 35.5. The number of para-hydroxylation sites is 1. The smallest absolute Gasteiger partial charge is 0.212 e. The molecular weight excluding hydrogens is 360 g/mol. The van der Waals surface area contributed by atoms with Crippen LogP contribution in [-0.4, -0.2) is 18.2 Å². The number of hydrogen-bond acceptors (Lipinski definition) is 5. The summed E-state index contributed by atoms with van der Waals surface area (Å²) < 4.78 is 27.7. The zero-order valence-corrected chi connectivity index (χ0v) is 15.1. The van der Waals surface area contributed by atoms with E-state index in [0.717, 1.165) is 0 Å². The molecule has 6 nitrogen and oxygen atoms in total. The van der Waals surface area contributed by atoms with E-state index in [1.165, 1.54) is 22.9 Å². The van der Waals surface area contributed by atoms with Crippen molar-refractivity contribution < 1.29 is 8.42 Å². The average Bonchev–Trinajstić information content (AvgIpc) is 2.95. The first-order valence-corrected chi connectivity index (χ1v) is 9.45. The van der Waals surface area contributed by atoms with E-state index in [1.807, 2.05) is 25.1 Å². The summed E-state index contributed by atoms with van der Waals surface area (Å²) in [7, 11) is -3.89. The lowest BCUT2D eigenvalue weighted by Gasteiger charge is -2.08. The van der Waals surface area contributed by atoms with Gasteiger partial charge in [-0.15, -0.1) is 0 Å². The van der Waals surface area contributed by atoms with Crippen LogP contribution in [0.1, 0.15) is 12.6 Å². The van der Waals surface area contributed by atoms with Gasteiger partial charge in [0.1, 0.15) is 10.7 Å². The molecule has 0 amide bonds. The van der Waals surface area contributed by atoms with Gasteiger partial charge in [-0.05, 0) is 36.8 Å². The monoisotopic (exact) mass is 376 g/mol. The highest BCUT2D eigenvalue weighted by Gasteiger charge is 2.29. The van der Waals surface area contributed by atoms with Crippen LogP contribution in [0.15, 0.2) is 58.3 Å². The molecular formula is C17H17ClN4O2S. The number of rotatable bonds is 4. The number of nitrogens with zero attached hydrogens (tertiary/aromatic N) is 2. The molecule has 0 saturated heterocycles. The number of aromatic nitrogens is 2. The Morgan fingerprint density at radius 2 is 1.80 bits per heavy atom. The predicted molar refractivity (Wildman–Crippen MR) is 98.7 cm³/mol. The molecule has 8 heteroatoms. The number of sulfone groups is 1. The number of hydrogen-bond donors (Lipinski definition) is 2. The lowest BCUT2D eigenvalue weighted by Crippen LogP contribution is -2.08. The Bertz CT molecular complexity index is 1030. The molecule has 0 atom stereocenters. The number of halogens is 1. The number of nitrogens with two attached hydrogens (primary N) is 2. The van der Waals surface area contributed by atoms with Crippen molar-refractivity contribution in [2.45, 2.75) is 23.1 Å². The van der Waals surface area contributed by atoms with Gasteiger partial charge in [-0.3, -0.25) is 0 Å². The standard InChI is InChI=1S/C17H17ClN4O2S/c1-2-15-16(17(20)22(21-15)11-6-4-3-5-7-11)25(23,24)12-8-9-14(19)13(18)10-12/h3-10H,2,19-20H2,1H3. The molecule has 1 heterocycles. The van der Waals surface area contributed by atoms with Gasteiger partial charge in [-0.1, -0.05) is 36.7 Å². The van der Waals surface area contributed by atoms with Crippen LogP contribution >= 0.6 is 11.6 Å². The average molecular weight is 377 g/mol. The first-order valence-electron chi connectivity index (χ1n) is 7.59. The van der Waals surface area contributed by atoms with Crippen molar-refractivity contribution in [2.24, 2.45) is 0 Å². The molecule has 3 rings (SSSR count). The molecule has 4 N–H and O–H groups in total. The summed E-state index contributed by atoms with van der Waals surface area (Å²) in [5, 5.41) is 4.56. The van der Waals surface area contributed by atoms with Crippen LogP contribution in [0.25, 0.3) is 5.69 Å². The van der Waals surface area contributed by atoms with E-state index >= 15 is 0 Å². The second-order valence-corrected chi connectivity index (χ2v) is 7.74. The minimum atomic E-state index is -3.89. The van der Waals surface area contributed by atoms with E-state index in [2.05, 4.69) is 5.10 Å². The number of nitrogen functional groups attached to an aromatic ring is 2. The van der Waals surface area contributed by atoms with Gasteiger partial charge in [0.25, 0.3) is 0 Å². The van der Waals surface area contributed by atoms with E-state index in [0.29, 0.717) is 23.5 Å². The molecule has 130 valence electrons. The first kappa shape index (κ1) is 17.3. The third kappa shape index (κ3) is 2.96. The maximum absolute atomic E-state index is 13.1. The summed E-state index contributed by atoms with van der Waals surface area (Å²) in [6, 6.07) is 13.3. The Kier molecular flexibility index (Phi) is 4.45. The fourth-order valence-corrected chi connectivity index (χ4v) is 4.41. The maximum Gasteiger partial charge on any atom is 0.212 e. The molecule has 1 aromatic heterocycles. The van der Waals surface area contributed by atoms with Gasteiger partial charge in [0.05, 0.1) is 27.0 Å². The molecule has 3 aromatic rings. The van der Waals surface area contributed by atoms with E-state index in [1.54, 1.807) is 12.1 Å². The SMILES string of the molecule is CCc1nn(-c2ccccc2)c(N)c1S(=O)(=O)c1ccc(N)c(Cl)c1. The highest BCUT2D eigenvalue weighted by Crippen LogP contribution is 2.33. The van der Waals surface area contributed by atoms with Gasteiger partial charge in [0.15, 0.2) is 0 Å². The number of anilines is 2. The minimum absolute atomic E-state index is 0.000286. The van der Waals surface area contributed by atoms with Crippen LogP contribution < -0.4 is 11.5 Å². The van der Waals surface area contributed by atoms with E-state index in [9.17, 15) is 8.42 Å². The Labute approximate surface area is 150 Å². The van der Waals surface area contributed by atoms with Gasteiger partial charge in [-0.25, -0.2) is 13.1 Å². The third-order valence-electron chi connectivity index (χ3n) is 3.83. The van der Waals surface area contributed by atoms with Gasteiger partial charge in [-0.2, -0.15) is 5.10 Å². The topological polar surface area (TPSA) is 104 Å². The molecule has 0 aliphatic heterocycles. The lowest BCUT2D eigenvalue weighted by atomic mass is 10.3. The van der Waals surface area contributed by atoms with Crippen LogP contribution in [0.3, 0.4) is 0 Å². The summed E-state index contributed by atoms with van der Waals surface area (Å²) in [4.78, 5) is 0.0282. The molecule has 2 aromatic carbocycles. The van der Waals surface area contributed by atoms with Gasteiger partial charge in [0, 0.05) is 0 Å². The van der Waals surface area contributed by atoms with Crippen LogP contribution in [0.2, 0.25) is 5.02 Å². The Morgan fingerprint density at radius 3 is 2.40 bits per heavy atom. The largest absolute Gasteiger partial charge is 0.398 e. The van der Waals surface area contributed by atoms with Crippen LogP contribution in [0.5, 0.6) is 0 Å². The third-order valence-corrected chi connectivity index (χ3v) is 6.01. The zero-order valence-electron chi connectivity index (χ0n) is 13.5. The summed E-state index contributed by atoms with van der Waals surface area (Å²) in [5.41, 5.74) is 13.2. The van der Waals surface area contributed by atoms with Crippen LogP contribution in [0.4, 0.5) is 11.5 Å². The molecule has 0 saturated carbocycles. The number of benzene rings is 2. The lowest BCUT2D eigenvalue weighted by molar-refractivity contribution is 0.595. The maximum atomic E-state index is 13.1. The second kappa shape index (κ2) is 6.42. The molecule has 0 aliphatic carbocycles. The summed E-state index contributed by atoms with van der Waals surface area (Å²) >= 11 is 5.98. The Morgan fingerprint density at radius 1 is 1.12 bits per heavy atom. The highest BCUT2D eigenvalue weighted by molar-refractivity contribution is 7.91. The Balaban J connectivity index is 2.22. The Hall–Kier alpha value is -2.51. The van der Waals surface area contributed by atoms with E-state index in [4.69, 9.17) is 23.1 Å². The quantitative estimate of drug-likeness (QED) is 0.681. The van der Waals surface area contributed by atoms with Gasteiger partial charge in [0.2, 0.25) is 9.84 Å². The fraction of sp³-hybridized carbons (Fsp3) is 0.118. The summed E-state index contributed by atoms with van der Waals surface area (Å²) in [6.07, 6.45) is 0.418. The van der Waals surface area contributed by atoms with Gasteiger partial charge < -0.3 is 11.5 Å². The van der Waals surface area contributed by atoms with Crippen molar-refractivity contribution in [1.82, 2.24) is 9.78 Å². The zero-order chi connectivity index (χ0) is 18.2. The van der Waals surface area contributed by atoms with Crippen molar-refractivity contribution in [3.05, 3.63) is 59.2 Å². The van der Waals surface area contributed by atoms with Crippen LogP contribution in [0, 0.1) is 0 Å². The normalized spacial score (nSPS) is 11.6. The van der Waals surface area contributed by atoms with Gasteiger partial charge >= 0.3 is 0 Å². The van der Waals surface area contributed by atoms with E-state index in [-0.39, 0.29) is 20.6 Å². The molecule has 0 bridgehead atoms. The molecule has 0 spiro atoms. The molecule has 25 heavy (non-hydrogen) atoms. The molecule has 0 aliphatic rings. The fourth-order valence-electron chi connectivity index (χ4n) is 2.55. The van der Waals surface area contributed by atoms with Crippen molar-refractivity contribution in [3.63, 3.8) is 0 Å². The predicted octanol–water partition coefficient (Wildman–Crippen LogP) is 3.09. The van der Waals surface area contributed by atoms with E-state index < -0.39 is 9.84 Å². The molecule has 0 fully saturated rings.